The maximum Gasteiger partial charge on any atom is 0.390 e. The summed E-state index contributed by atoms with van der Waals surface area (Å²) in [7, 11) is -2.95. The van der Waals surface area contributed by atoms with Gasteiger partial charge in [-0.05, 0) is 13.8 Å². The lowest BCUT2D eigenvalue weighted by atomic mass is 10.4. The van der Waals surface area contributed by atoms with Crippen LogP contribution in [0.3, 0.4) is 0 Å². The highest BCUT2D eigenvalue weighted by Crippen LogP contribution is 2.25. The van der Waals surface area contributed by atoms with Crippen LogP contribution in [0.4, 0.5) is 13.2 Å². The predicted molar refractivity (Wildman–Crippen MR) is 69.3 cm³/mol. The van der Waals surface area contributed by atoms with Crippen LogP contribution < -0.4 is 0 Å². The first kappa shape index (κ1) is 17.9. The van der Waals surface area contributed by atoms with E-state index >= 15 is 0 Å². The maximum absolute atomic E-state index is 12.4. The normalized spacial score (nSPS) is 13.1. The third kappa shape index (κ3) is 4.17. The first-order valence-electron chi connectivity index (χ1n) is 6.18. The first-order chi connectivity index (χ1) is 9.50. The van der Waals surface area contributed by atoms with E-state index in [4.69, 9.17) is 5.11 Å². The molecule has 6 nitrogen and oxygen atoms in total. The first-order valence-corrected chi connectivity index (χ1v) is 7.62. The van der Waals surface area contributed by atoms with Crippen molar-refractivity contribution >= 4 is 10.0 Å². The summed E-state index contributed by atoms with van der Waals surface area (Å²) in [5, 5.41) is 12.9. The van der Waals surface area contributed by atoms with Gasteiger partial charge in [0.25, 0.3) is 0 Å². The minimum Gasteiger partial charge on any atom is -0.394 e. The largest absolute Gasteiger partial charge is 0.394 e. The number of nitrogens with zero attached hydrogens (tertiary/aromatic N) is 3. The standard InChI is InChI=1S/C11H18F3N3O3S/c1-8-10(9(2)17(15-8)6-7-18)21(19,20)16(3)5-4-11(12,13)14/h18H,4-7H2,1-3H3. The molecular weight excluding hydrogens is 311 g/mol. The van der Waals surface area contributed by atoms with Gasteiger partial charge in [-0.1, -0.05) is 0 Å². The van der Waals surface area contributed by atoms with Crippen molar-refractivity contribution in [2.45, 2.75) is 37.9 Å². The van der Waals surface area contributed by atoms with Crippen LogP contribution in [0.25, 0.3) is 0 Å². The van der Waals surface area contributed by atoms with E-state index in [0.717, 1.165) is 7.05 Å². The second kappa shape index (κ2) is 6.32. The van der Waals surface area contributed by atoms with E-state index in [-0.39, 0.29) is 23.7 Å². The van der Waals surface area contributed by atoms with Gasteiger partial charge in [0.05, 0.1) is 31.0 Å². The van der Waals surface area contributed by atoms with E-state index in [2.05, 4.69) is 5.10 Å². The highest BCUT2D eigenvalue weighted by molar-refractivity contribution is 7.89. The van der Waals surface area contributed by atoms with E-state index in [1.807, 2.05) is 0 Å². The van der Waals surface area contributed by atoms with Crippen molar-refractivity contribution in [2.75, 3.05) is 20.2 Å². The van der Waals surface area contributed by atoms with Gasteiger partial charge in [-0.2, -0.15) is 18.3 Å². The van der Waals surface area contributed by atoms with Crippen LogP contribution in [0.2, 0.25) is 0 Å². The molecule has 1 heterocycles. The second-order valence-electron chi connectivity index (χ2n) is 4.64. The van der Waals surface area contributed by atoms with Gasteiger partial charge >= 0.3 is 6.18 Å². The molecule has 0 aliphatic rings. The van der Waals surface area contributed by atoms with E-state index in [1.165, 1.54) is 18.5 Å². The summed E-state index contributed by atoms with van der Waals surface area (Å²) < 4.78 is 63.3. The van der Waals surface area contributed by atoms with Crippen LogP contribution >= 0.6 is 0 Å². The molecule has 10 heteroatoms. The molecule has 0 saturated heterocycles. The summed E-state index contributed by atoms with van der Waals surface area (Å²) >= 11 is 0. The number of aromatic nitrogens is 2. The molecule has 0 amide bonds. The zero-order chi connectivity index (χ0) is 16.4. The molecule has 0 saturated carbocycles. The fraction of sp³-hybridized carbons (Fsp3) is 0.727. The fourth-order valence-electron chi connectivity index (χ4n) is 1.93. The molecule has 1 aromatic heterocycles. The average Bonchev–Trinajstić information content (AvgIpc) is 2.61. The predicted octanol–water partition coefficient (Wildman–Crippen LogP) is 1.07. The molecule has 0 unspecified atom stereocenters. The van der Waals surface area contributed by atoms with Gasteiger partial charge in [-0.15, -0.1) is 0 Å². The molecule has 0 spiro atoms. The second-order valence-corrected chi connectivity index (χ2v) is 6.62. The van der Waals surface area contributed by atoms with Gasteiger partial charge in [0.2, 0.25) is 10.0 Å². The Morgan fingerprint density at radius 3 is 2.38 bits per heavy atom. The Kier molecular flexibility index (Phi) is 5.40. The van der Waals surface area contributed by atoms with Crippen molar-refractivity contribution in [2.24, 2.45) is 0 Å². The number of aryl methyl sites for hydroxylation is 1. The molecule has 122 valence electrons. The number of aliphatic hydroxyl groups is 1. The lowest BCUT2D eigenvalue weighted by molar-refractivity contribution is -0.135. The summed E-state index contributed by atoms with van der Waals surface area (Å²) in [6, 6.07) is 0. The molecule has 0 bridgehead atoms. The van der Waals surface area contributed by atoms with Crippen LogP contribution in [-0.4, -0.2) is 54.0 Å². The van der Waals surface area contributed by atoms with Gasteiger partial charge in [-0.25, -0.2) is 12.7 Å². The molecule has 0 fully saturated rings. The summed E-state index contributed by atoms with van der Waals surface area (Å²) in [5.41, 5.74) is 0.486. The Labute approximate surface area is 121 Å². The fourth-order valence-corrected chi connectivity index (χ4v) is 3.46. The molecule has 0 aliphatic heterocycles. The third-order valence-corrected chi connectivity index (χ3v) is 5.12. The zero-order valence-corrected chi connectivity index (χ0v) is 12.8. The van der Waals surface area contributed by atoms with Crippen molar-refractivity contribution in [1.29, 1.82) is 0 Å². The van der Waals surface area contributed by atoms with E-state index in [1.54, 1.807) is 0 Å². The Balaban J connectivity index is 3.08. The highest BCUT2D eigenvalue weighted by atomic mass is 32.2. The smallest absolute Gasteiger partial charge is 0.390 e. The van der Waals surface area contributed by atoms with Gasteiger partial charge in [0.15, 0.2) is 0 Å². The summed E-state index contributed by atoms with van der Waals surface area (Å²) in [4.78, 5) is -0.111. The van der Waals surface area contributed by atoms with Gasteiger partial charge in [0.1, 0.15) is 4.90 Å². The quantitative estimate of drug-likeness (QED) is 0.847. The van der Waals surface area contributed by atoms with Crippen molar-refractivity contribution in [3.63, 3.8) is 0 Å². The number of sulfonamides is 1. The molecule has 0 aromatic carbocycles. The lowest BCUT2D eigenvalue weighted by Crippen LogP contribution is -2.31. The van der Waals surface area contributed by atoms with Gasteiger partial charge < -0.3 is 5.11 Å². The van der Waals surface area contributed by atoms with Crippen LogP contribution in [0.1, 0.15) is 17.8 Å². The van der Waals surface area contributed by atoms with E-state index < -0.39 is 29.2 Å². The zero-order valence-electron chi connectivity index (χ0n) is 12.0. The van der Waals surface area contributed by atoms with Crippen LogP contribution in [0, 0.1) is 13.8 Å². The van der Waals surface area contributed by atoms with Crippen molar-refractivity contribution in [3.05, 3.63) is 11.4 Å². The maximum atomic E-state index is 12.4. The molecular formula is C11H18F3N3O3S. The highest BCUT2D eigenvalue weighted by Gasteiger charge is 2.33. The summed E-state index contributed by atoms with van der Waals surface area (Å²) in [6.45, 7) is 2.21. The van der Waals surface area contributed by atoms with Crippen molar-refractivity contribution in [3.8, 4) is 0 Å². The molecule has 1 aromatic rings. The molecule has 1 N–H and O–H groups in total. The Morgan fingerprint density at radius 1 is 1.33 bits per heavy atom. The molecule has 0 atom stereocenters. The molecule has 0 radical (unpaired) electrons. The third-order valence-electron chi connectivity index (χ3n) is 3.01. The minimum absolute atomic E-state index is 0.111. The van der Waals surface area contributed by atoms with Crippen molar-refractivity contribution in [1.82, 2.24) is 14.1 Å². The van der Waals surface area contributed by atoms with Crippen LogP contribution in [0.15, 0.2) is 4.90 Å². The minimum atomic E-state index is -4.42. The van der Waals surface area contributed by atoms with Crippen LogP contribution in [-0.2, 0) is 16.6 Å². The molecule has 0 aliphatic carbocycles. The number of alkyl halides is 3. The number of hydrogen-bond donors (Lipinski definition) is 1. The average molecular weight is 329 g/mol. The summed E-state index contributed by atoms with van der Waals surface area (Å²) in [6.07, 6.45) is -5.64. The number of hydrogen-bond acceptors (Lipinski definition) is 4. The Morgan fingerprint density at radius 2 is 1.90 bits per heavy atom. The lowest BCUT2D eigenvalue weighted by Gasteiger charge is -2.18. The van der Waals surface area contributed by atoms with Crippen LogP contribution in [0.5, 0.6) is 0 Å². The van der Waals surface area contributed by atoms with Crippen molar-refractivity contribution < 1.29 is 26.7 Å². The monoisotopic (exact) mass is 329 g/mol. The topological polar surface area (TPSA) is 75.4 Å². The van der Waals surface area contributed by atoms with Gasteiger partial charge in [0, 0.05) is 13.6 Å². The summed E-state index contributed by atoms with van der Waals surface area (Å²) in [5.74, 6) is 0. The number of halogens is 3. The SMILES string of the molecule is Cc1nn(CCO)c(C)c1S(=O)(=O)N(C)CCC(F)(F)F. The molecule has 1 rings (SSSR count). The Bertz CT molecular complexity index is 596. The molecule has 21 heavy (non-hydrogen) atoms. The number of aliphatic hydroxyl groups excluding tert-OH is 1. The van der Waals surface area contributed by atoms with E-state index in [9.17, 15) is 21.6 Å². The van der Waals surface area contributed by atoms with Gasteiger partial charge in [-0.3, -0.25) is 4.68 Å². The van der Waals surface area contributed by atoms with E-state index in [0.29, 0.717) is 10.00 Å². The Hall–Kier alpha value is -1.13. The number of rotatable bonds is 6.